The average Bonchev–Trinajstić information content (AvgIpc) is 3.13. The first kappa shape index (κ1) is 16.2. The maximum Gasteiger partial charge on any atom is 0.163 e. The molecular formula is C22H17ClOS. The molecule has 1 atom stereocenters. The molecule has 0 amide bonds. The van der Waals surface area contributed by atoms with E-state index in [-0.39, 0.29) is 5.92 Å². The van der Waals surface area contributed by atoms with E-state index in [4.69, 9.17) is 16.3 Å². The highest BCUT2D eigenvalue weighted by Gasteiger charge is 2.29. The van der Waals surface area contributed by atoms with Crippen molar-refractivity contribution in [3.63, 3.8) is 0 Å². The van der Waals surface area contributed by atoms with Crippen LogP contribution in [0.5, 0.6) is 5.75 Å². The number of para-hydroxylation sites is 1. The first-order chi connectivity index (χ1) is 12.1. The summed E-state index contributed by atoms with van der Waals surface area (Å²) in [6.45, 7) is 6.42. The number of halogens is 1. The van der Waals surface area contributed by atoms with E-state index in [2.05, 4.69) is 43.8 Å². The normalized spacial score (nSPS) is 17.0. The predicted molar refractivity (Wildman–Crippen MR) is 106 cm³/mol. The maximum atomic E-state index is 6.76. The third-order valence-corrected chi connectivity index (χ3v) is 5.71. The molecule has 3 aromatic rings. The number of thiophene rings is 1. The highest BCUT2D eigenvalue weighted by molar-refractivity contribution is 7.11. The molecule has 124 valence electrons. The minimum absolute atomic E-state index is 0.0261. The van der Waals surface area contributed by atoms with Gasteiger partial charge in [-0.1, -0.05) is 72.3 Å². The fraction of sp³-hybridized carbons (Fsp3) is 0.0909. The van der Waals surface area contributed by atoms with E-state index in [0.717, 1.165) is 27.3 Å². The van der Waals surface area contributed by atoms with Gasteiger partial charge in [0.25, 0.3) is 0 Å². The topological polar surface area (TPSA) is 9.23 Å². The summed E-state index contributed by atoms with van der Waals surface area (Å²) in [6, 6.07) is 20.6. The van der Waals surface area contributed by atoms with Crippen molar-refractivity contribution in [2.75, 3.05) is 0 Å². The number of hydrogen-bond donors (Lipinski definition) is 0. The zero-order valence-corrected chi connectivity index (χ0v) is 15.4. The second kappa shape index (κ2) is 6.55. The highest BCUT2D eigenvalue weighted by Crippen LogP contribution is 2.46. The van der Waals surface area contributed by atoms with Crippen molar-refractivity contribution >= 4 is 28.7 Å². The van der Waals surface area contributed by atoms with Crippen LogP contribution >= 0.6 is 22.9 Å². The average molecular weight is 365 g/mol. The van der Waals surface area contributed by atoms with Crippen LogP contribution in [0.2, 0.25) is 0 Å². The largest absolute Gasteiger partial charge is 0.454 e. The minimum atomic E-state index is -0.0261. The van der Waals surface area contributed by atoms with Gasteiger partial charge >= 0.3 is 0 Å². The van der Waals surface area contributed by atoms with Crippen molar-refractivity contribution in [3.05, 3.63) is 105 Å². The Kier molecular flexibility index (Phi) is 4.24. The molecule has 0 saturated carbocycles. The summed E-state index contributed by atoms with van der Waals surface area (Å²) >= 11 is 8.37. The van der Waals surface area contributed by atoms with Crippen molar-refractivity contribution in [1.29, 1.82) is 0 Å². The van der Waals surface area contributed by atoms with Gasteiger partial charge < -0.3 is 4.74 Å². The molecular weight excluding hydrogens is 348 g/mol. The summed E-state index contributed by atoms with van der Waals surface area (Å²) in [5.74, 6) is 1.48. The monoisotopic (exact) mass is 364 g/mol. The first-order valence-electron chi connectivity index (χ1n) is 8.11. The van der Waals surface area contributed by atoms with Crippen molar-refractivity contribution in [3.8, 4) is 5.75 Å². The number of hydrogen-bond acceptors (Lipinski definition) is 2. The molecule has 1 aliphatic heterocycles. The fourth-order valence-electron chi connectivity index (χ4n) is 3.13. The lowest BCUT2D eigenvalue weighted by atomic mass is 9.84. The second-order valence-corrected chi connectivity index (χ2v) is 7.45. The molecule has 2 heterocycles. The van der Waals surface area contributed by atoms with E-state index < -0.39 is 0 Å². The Labute approximate surface area is 156 Å². The van der Waals surface area contributed by atoms with Crippen LogP contribution in [0, 0.1) is 6.92 Å². The maximum absolute atomic E-state index is 6.76. The minimum Gasteiger partial charge on any atom is -0.454 e. The quantitative estimate of drug-likeness (QED) is 0.489. The van der Waals surface area contributed by atoms with Crippen LogP contribution in [0.3, 0.4) is 0 Å². The van der Waals surface area contributed by atoms with Gasteiger partial charge in [-0.2, -0.15) is 0 Å². The Hall–Kier alpha value is -2.29. The molecule has 0 unspecified atom stereocenters. The van der Waals surface area contributed by atoms with E-state index in [1.54, 1.807) is 11.3 Å². The molecule has 3 heteroatoms. The first-order valence-corrected chi connectivity index (χ1v) is 9.37. The Morgan fingerprint density at radius 3 is 2.48 bits per heavy atom. The summed E-state index contributed by atoms with van der Waals surface area (Å²) in [5.41, 5.74) is 4.34. The van der Waals surface area contributed by atoms with E-state index in [1.807, 2.05) is 35.7 Å². The smallest absolute Gasteiger partial charge is 0.163 e. The Morgan fingerprint density at radius 1 is 1.00 bits per heavy atom. The molecule has 4 rings (SSSR count). The van der Waals surface area contributed by atoms with Crippen LogP contribution in [0.25, 0.3) is 5.76 Å². The zero-order valence-electron chi connectivity index (χ0n) is 13.8. The lowest BCUT2D eigenvalue weighted by Crippen LogP contribution is -2.04. The summed E-state index contributed by atoms with van der Waals surface area (Å²) in [4.78, 5) is 1.01. The van der Waals surface area contributed by atoms with Crippen molar-refractivity contribution < 1.29 is 4.74 Å². The number of benzene rings is 2. The Morgan fingerprint density at radius 2 is 1.76 bits per heavy atom. The summed E-state index contributed by atoms with van der Waals surface area (Å²) in [5, 5.41) is 2.61. The van der Waals surface area contributed by atoms with Crippen LogP contribution in [0.4, 0.5) is 0 Å². The third kappa shape index (κ3) is 2.92. The van der Waals surface area contributed by atoms with E-state index in [0.29, 0.717) is 10.8 Å². The van der Waals surface area contributed by atoms with E-state index in [1.165, 1.54) is 5.56 Å². The van der Waals surface area contributed by atoms with Gasteiger partial charge in [0, 0.05) is 11.5 Å². The SMILES string of the molecule is C=C1C(Cl)=C(c2cccs2)Oc2ccccc2[C@@H]1c1ccc(C)cc1. The molecule has 2 aromatic carbocycles. The highest BCUT2D eigenvalue weighted by atomic mass is 35.5. The molecule has 0 fully saturated rings. The Balaban J connectivity index is 1.92. The van der Waals surface area contributed by atoms with Crippen molar-refractivity contribution in [1.82, 2.24) is 0 Å². The molecule has 0 radical (unpaired) electrons. The van der Waals surface area contributed by atoms with Gasteiger partial charge in [-0.15, -0.1) is 11.3 Å². The van der Waals surface area contributed by atoms with Crippen LogP contribution in [-0.2, 0) is 0 Å². The number of allylic oxidation sites excluding steroid dienone is 2. The van der Waals surface area contributed by atoms with E-state index in [9.17, 15) is 0 Å². The van der Waals surface area contributed by atoms with Crippen molar-refractivity contribution in [2.24, 2.45) is 0 Å². The number of aryl methyl sites for hydroxylation is 1. The van der Waals surface area contributed by atoms with Crippen LogP contribution in [0.1, 0.15) is 27.5 Å². The van der Waals surface area contributed by atoms with Gasteiger partial charge in [-0.05, 0) is 35.6 Å². The molecule has 0 bridgehead atoms. The van der Waals surface area contributed by atoms with Crippen molar-refractivity contribution in [2.45, 2.75) is 12.8 Å². The second-order valence-electron chi connectivity index (χ2n) is 6.13. The van der Waals surface area contributed by atoms with E-state index >= 15 is 0 Å². The predicted octanol–water partition coefficient (Wildman–Crippen LogP) is 6.74. The summed E-state index contributed by atoms with van der Waals surface area (Å²) in [6.07, 6.45) is 0. The van der Waals surface area contributed by atoms with Crippen LogP contribution in [0.15, 0.2) is 83.2 Å². The third-order valence-electron chi connectivity index (χ3n) is 4.43. The zero-order chi connectivity index (χ0) is 17.4. The van der Waals surface area contributed by atoms with Gasteiger partial charge in [0.05, 0.1) is 9.91 Å². The molecule has 1 aromatic heterocycles. The lowest BCUT2D eigenvalue weighted by molar-refractivity contribution is 0.512. The van der Waals surface area contributed by atoms with Gasteiger partial charge in [-0.3, -0.25) is 0 Å². The van der Waals surface area contributed by atoms with Crippen LogP contribution < -0.4 is 4.74 Å². The molecule has 25 heavy (non-hydrogen) atoms. The number of fused-ring (bicyclic) bond motifs is 1. The molecule has 0 spiro atoms. The van der Waals surface area contributed by atoms with Gasteiger partial charge in [-0.25, -0.2) is 0 Å². The Bertz CT molecular complexity index is 952. The molecule has 1 aliphatic rings. The lowest BCUT2D eigenvalue weighted by Gasteiger charge is -2.19. The summed E-state index contributed by atoms with van der Waals surface area (Å²) in [7, 11) is 0. The molecule has 1 nitrogen and oxygen atoms in total. The molecule has 0 N–H and O–H groups in total. The van der Waals surface area contributed by atoms with Gasteiger partial charge in [0.2, 0.25) is 0 Å². The van der Waals surface area contributed by atoms with Gasteiger partial charge in [0.15, 0.2) is 5.76 Å². The molecule has 0 saturated heterocycles. The molecule has 0 aliphatic carbocycles. The summed E-state index contributed by atoms with van der Waals surface area (Å²) < 4.78 is 6.26. The fourth-order valence-corrected chi connectivity index (χ4v) is 4.15. The van der Waals surface area contributed by atoms with Gasteiger partial charge in [0.1, 0.15) is 5.75 Å². The van der Waals surface area contributed by atoms with Crippen LogP contribution in [-0.4, -0.2) is 0 Å². The number of rotatable bonds is 2. The number of ether oxygens (including phenoxy) is 1. The standard InChI is InChI=1S/C22H17ClOS/c1-14-9-11-16(12-10-14)20-15(2)21(23)22(19-8-5-13-25-19)24-18-7-4-3-6-17(18)20/h3-13,20H,2H2,1H3/t20-/m0/s1.